The number of anilines is 2. The van der Waals surface area contributed by atoms with E-state index in [1.807, 2.05) is 78.9 Å². The zero-order chi connectivity index (χ0) is 39.8. The number of rotatable bonds is 9. The summed E-state index contributed by atoms with van der Waals surface area (Å²) in [6, 6.07) is 26.1. The topological polar surface area (TPSA) is 197 Å². The van der Waals surface area contributed by atoms with E-state index in [2.05, 4.69) is 56.3 Å². The number of hydrogen-bond donors (Lipinski definition) is 6. The molecule has 2 fully saturated rings. The summed E-state index contributed by atoms with van der Waals surface area (Å²) in [4.78, 5) is 30.2. The molecule has 9 rings (SSSR count). The van der Waals surface area contributed by atoms with Crippen LogP contribution in [0.3, 0.4) is 0 Å². The highest BCUT2D eigenvalue weighted by Gasteiger charge is 2.25. The number of ether oxygens (including phenoxy) is 1. The highest BCUT2D eigenvalue weighted by atomic mass is 35.5. The molecule has 0 radical (unpaired) electrons. The molecule has 59 heavy (non-hydrogen) atoms. The number of benzene rings is 3. The molecular weight excluding hydrogens is 787 g/mol. The van der Waals surface area contributed by atoms with Gasteiger partial charge in [-0.1, -0.05) is 97.4 Å². The Morgan fingerprint density at radius 3 is 1.76 bits per heavy atom. The third-order valence-electron chi connectivity index (χ3n) is 10.5. The van der Waals surface area contributed by atoms with Crippen molar-refractivity contribution in [2.75, 3.05) is 10.6 Å². The molecule has 2 saturated carbocycles. The van der Waals surface area contributed by atoms with Crippen LogP contribution >= 0.6 is 23.2 Å². The Bertz CT molecular complexity index is 2480. The first kappa shape index (κ1) is 41.3. The van der Waals surface area contributed by atoms with E-state index < -0.39 is 6.09 Å². The summed E-state index contributed by atoms with van der Waals surface area (Å²) >= 11 is 12.7. The summed E-state index contributed by atoms with van der Waals surface area (Å²) in [6.45, 7) is 0.254. The Labute approximate surface area is 352 Å². The van der Waals surface area contributed by atoms with Crippen molar-refractivity contribution in [2.45, 2.75) is 89.6 Å². The maximum absolute atomic E-state index is 12.3. The minimum absolute atomic E-state index is 0. The third kappa shape index (κ3) is 10.3. The molecule has 16 heteroatoms. The van der Waals surface area contributed by atoms with Crippen LogP contribution in [0.25, 0.3) is 44.6 Å². The summed E-state index contributed by atoms with van der Waals surface area (Å²) in [5.41, 5.74) is 11.5. The van der Waals surface area contributed by atoms with Gasteiger partial charge in [0.1, 0.15) is 29.4 Å². The fraction of sp³-hybridized carbons (Fsp3) is 0.326. The maximum atomic E-state index is 12.3. The van der Waals surface area contributed by atoms with Gasteiger partial charge in [-0.25, -0.2) is 24.7 Å². The summed E-state index contributed by atoms with van der Waals surface area (Å²) < 4.78 is 5.37. The predicted molar refractivity (Wildman–Crippen MR) is 234 cm³/mol. The van der Waals surface area contributed by atoms with E-state index in [1.165, 1.54) is 0 Å². The number of para-hydroxylation sites is 2. The molecular formula is C43H48Cl2N12O2. The number of hydrogen-bond acceptors (Lipinski definition) is 11. The van der Waals surface area contributed by atoms with Gasteiger partial charge in [-0.2, -0.15) is 10.2 Å². The van der Waals surface area contributed by atoms with Gasteiger partial charge in [0.2, 0.25) is 11.9 Å². The van der Waals surface area contributed by atoms with Crippen LogP contribution in [0.2, 0.25) is 10.0 Å². The number of carbonyl (C=O) groups excluding carboxylic acids is 1. The Morgan fingerprint density at radius 2 is 1.19 bits per heavy atom. The average molecular weight is 836 g/mol. The zero-order valence-electron chi connectivity index (χ0n) is 31.7. The first-order valence-electron chi connectivity index (χ1n) is 19.5. The van der Waals surface area contributed by atoms with Crippen molar-refractivity contribution in [3.8, 4) is 22.8 Å². The van der Waals surface area contributed by atoms with Gasteiger partial charge in [0.05, 0.1) is 33.5 Å². The Hall–Kier alpha value is -5.83. The molecule has 0 aliphatic heterocycles. The number of carbonyl (C=O) groups is 1. The normalized spacial score (nSPS) is 18.9. The maximum Gasteiger partial charge on any atom is 0.407 e. The Morgan fingerprint density at radius 1 is 0.678 bits per heavy atom. The van der Waals surface area contributed by atoms with Crippen LogP contribution in [0.5, 0.6) is 0 Å². The van der Waals surface area contributed by atoms with Crippen LogP contribution in [-0.4, -0.2) is 70.6 Å². The first-order valence-corrected chi connectivity index (χ1v) is 20.3. The monoisotopic (exact) mass is 834 g/mol. The van der Waals surface area contributed by atoms with Gasteiger partial charge < -0.3 is 26.4 Å². The number of aromatic amines is 2. The van der Waals surface area contributed by atoms with Crippen LogP contribution in [0.15, 0.2) is 91.3 Å². The van der Waals surface area contributed by atoms with Crippen molar-refractivity contribution in [3.63, 3.8) is 0 Å². The average Bonchev–Trinajstić information content (AvgIpc) is 3.87. The highest BCUT2D eigenvalue weighted by molar-refractivity contribution is 6.33. The van der Waals surface area contributed by atoms with Crippen LogP contribution in [0.1, 0.15) is 64.4 Å². The fourth-order valence-electron chi connectivity index (χ4n) is 7.60. The number of nitrogens with two attached hydrogens (primary N) is 1. The van der Waals surface area contributed by atoms with Gasteiger partial charge in [-0.05, 0) is 69.1 Å². The minimum Gasteiger partial charge on any atom is -0.445 e. The molecule has 0 spiro atoms. The third-order valence-corrected chi connectivity index (χ3v) is 11.0. The van der Waals surface area contributed by atoms with E-state index in [4.69, 9.17) is 33.7 Å². The number of aromatic nitrogens is 8. The summed E-state index contributed by atoms with van der Waals surface area (Å²) in [7, 11) is 0. The number of halogens is 2. The SMILES string of the molecule is C.N[C@H]1CCC[C@@H](Nc2ncc(Cl)c(-c3n[nH]c4ccccc34)n2)C1.O=C(N[C@H]1CCC[C@@H](Nc2ncc(Cl)c(-c3n[nH]c4ccccc34)n2)C1)OCc1ccccc1. The predicted octanol–water partition coefficient (Wildman–Crippen LogP) is 9.31. The van der Waals surface area contributed by atoms with E-state index in [9.17, 15) is 4.79 Å². The molecule has 7 aromatic rings. The smallest absolute Gasteiger partial charge is 0.407 e. The van der Waals surface area contributed by atoms with E-state index in [0.29, 0.717) is 45.1 Å². The molecule has 7 N–H and O–H groups in total. The number of H-pyrrole nitrogens is 2. The molecule has 0 saturated heterocycles. The van der Waals surface area contributed by atoms with Crippen molar-refractivity contribution in [2.24, 2.45) is 5.73 Å². The zero-order valence-corrected chi connectivity index (χ0v) is 33.2. The van der Waals surface area contributed by atoms with Crippen molar-refractivity contribution in [3.05, 3.63) is 107 Å². The Balaban J connectivity index is 0.000000186. The summed E-state index contributed by atoms with van der Waals surface area (Å²) in [5, 5.41) is 27.5. The molecule has 14 nitrogen and oxygen atoms in total. The molecule has 1 amide bonds. The van der Waals surface area contributed by atoms with Gasteiger partial charge in [-0.15, -0.1) is 0 Å². The number of amides is 1. The molecule has 4 atom stereocenters. The van der Waals surface area contributed by atoms with Crippen LogP contribution in [0, 0.1) is 0 Å². The van der Waals surface area contributed by atoms with E-state index in [0.717, 1.165) is 84.4 Å². The molecule has 0 unspecified atom stereocenters. The summed E-state index contributed by atoms with van der Waals surface area (Å²) in [5.74, 6) is 1.06. The number of nitrogens with one attached hydrogen (secondary N) is 5. The highest BCUT2D eigenvalue weighted by Crippen LogP contribution is 2.32. The van der Waals surface area contributed by atoms with Crippen molar-refractivity contribution < 1.29 is 9.53 Å². The fourth-order valence-corrected chi connectivity index (χ4v) is 7.96. The lowest BCUT2D eigenvalue weighted by molar-refractivity contribution is 0.132. The number of alkyl carbamates (subject to hydrolysis) is 1. The van der Waals surface area contributed by atoms with Gasteiger partial charge in [-0.3, -0.25) is 10.2 Å². The number of nitrogens with zero attached hydrogens (tertiary/aromatic N) is 6. The molecule has 306 valence electrons. The van der Waals surface area contributed by atoms with E-state index in [-0.39, 0.29) is 32.2 Å². The molecule has 2 aliphatic carbocycles. The molecule has 4 aromatic heterocycles. The lowest BCUT2D eigenvalue weighted by Crippen LogP contribution is -2.42. The quantitative estimate of drug-likeness (QED) is 0.0810. The van der Waals surface area contributed by atoms with Gasteiger partial charge in [0.25, 0.3) is 0 Å². The second-order valence-corrected chi connectivity index (χ2v) is 15.5. The lowest BCUT2D eigenvalue weighted by atomic mass is 9.91. The molecule has 2 aliphatic rings. The summed E-state index contributed by atoms with van der Waals surface area (Å²) in [6.07, 6.45) is 10.7. The minimum atomic E-state index is -0.398. The van der Waals surface area contributed by atoms with Gasteiger partial charge in [0, 0.05) is 34.9 Å². The number of fused-ring (bicyclic) bond motifs is 2. The van der Waals surface area contributed by atoms with Gasteiger partial charge in [0.15, 0.2) is 0 Å². The van der Waals surface area contributed by atoms with E-state index >= 15 is 0 Å². The van der Waals surface area contributed by atoms with Crippen molar-refractivity contribution >= 4 is 63.0 Å². The Kier molecular flexibility index (Phi) is 13.5. The lowest BCUT2D eigenvalue weighted by Gasteiger charge is -2.30. The van der Waals surface area contributed by atoms with E-state index in [1.54, 1.807) is 12.4 Å². The second-order valence-electron chi connectivity index (χ2n) is 14.7. The second kappa shape index (κ2) is 19.3. The van der Waals surface area contributed by atoms with Crippen LogP contribution < -0.4 is 21.7 Å². The largest absolute Gasteiger partial charge is 0.445 e. The molecule has 0 bridgehead atoms. The van der Waals surface area contributed by atoms with Crippen molar-refractivity contribution in [1.29, 1.82) is 0 Å². The van der Waals surface area contributed by atoms with Crippen LogP contribution in [-0.2, 0) is 11.3 Å². The van der Waals surface area contributed by atoms with Gasteiger partial charge >= 0.3 is 6.09 Å². The first-order chi connectivity index (χ1) is 28.4. The van der Waals surface area contributed by atoms with Crippen LogP contribution in [0.4, 0.5) is 16.7 Å². The standard InChI is InChI=1S/C25H25ClN6O2.C17H19ClN6.CH4/c26-20-14-27-24(30-23(20)22-19-11-4-5-12-21(19)31-32-22)28-17-9-6-10-18(13-17)29-25(33)34-15-16-7-2-1-3-8-16;18-13-9-20-17(21-11-5-3-4-10(19)8-11)22-16(13)15-12-6-1-2-7-14(12)23-24-15;/h1-5,7-8,11-12,14,17-18H,6,9-10,13,15H2,(H,29,33)(H,31,32)(H,27,28,30);1-2,6-7,9-11H,3-5,8,19H2,(H,23,24)(H,20,21,22);1H4/t17-,18+;10-,11+;/m10./s1. The van der Waals surface area contributed by atoms with Crippen molar-refractivity contribution in [1.82, 2.24) is 45.6 Å². The molecule has 3 aromatic carbocycles. The molecule has 4 heterocycles.